The van der Waals surface area contributed by atoms with Crippen LogP contribution in [0.1, 0.15) is 29.9 Å². The number of rotatable bonds is 2. The molecule has 1 saturated heterocycles. The van der Waals surface area contributed by atoms with E-state index >= 15 is 0 Å². The zero-order valence-corrected chi connectivity index (χ0v) is 17.0. The number of carbonyl (C=O) groups excluding carboxylic acids is 3. The molecule has 8 heteroatoms. The maximum absolute atomic E-state index is 12.9. The molecular weight excluding hydrogens is 428 g/mol. The topological polar surface area (TPSA) is 84.9 Å². The molecule has 2 atom stereocenters. The van der Waals surface area contributed by atoms with Crippen LogP contribution in [0.4, 0.5) is 5.69 Å². The summed E-state index contributed by atoms with van der Waals surface area (Å²) in [4.78, 5) is 40.2. The minimum atomic E-state index is -0.848. The largest absolute Gasteiger partial charge is 0.466 e. The third kappa shape index (κ3) is 2.92. The molecule has 4 rings (SSSR count). The third-order valence-corrected chi connectivity index (χ3v) is 5.85. The second-order valence-corrected chi connectivity index (χ2v) is 7.85. The molecule has 0 bridgehead atoms. The quantitative estimate of drug-likeness (QED) is 0.702. The molecule has 0 saturated carbocycles. The average Bonchev–Trinajstić information content (AvgIpc) is 3.25. The summed E-state index contributed by atoms with van der Waals surface area (Å²) in [6.07, 6.45) is 5.31. The van der Waals surface area contributed by atoms with Gasteiger partial charge in [-0.05, 0) is 30.5 Å². The molecule has 0 unspecified atom stereocenters. The summed E-state index contributed by atoms with van der Waals surface area (Å²) in [6, 6.07) is 3.43. The van der Waals surface area contributed by atoms with E-state index < -0.39 is 17.9 Å². The number of fused-ring (bicyclic) bond motifs is 1. The predicted octanol–water partition coefficient (Wildman–Crippen LogP) is 2.58. The minimum Gasteiger partial charge on any atom is -0.466 e. The number of hydrogen-bond donors (Lipinski definition) is 1. The van der Waals surface area contributed by atoms with Crippen molar-refractivity contribution in [3.8, 4) is 0 Å². The first kappa shape index (κ1) is 18.7. The van der Waals surface area contributed by atoms with E-state index in [0.717, 1.165) is 19.4 Å². The standard InChI is InChI=1S/C20H19BrN2O5/c1-27-19(25)13-8-11-4-3-5-23(11)9-14(20(26)28-2)12-6-10(21)7-15-16(12)17(13)18(24)22-15/h6-9,11,17H,3-5H2,1-2H3,(H,22,24)/b13-8+,14-9+/t11-,17-/m1/s1. The molecule has 3 aliphatic heterocycles. The summed E-state index contributed by atoms with van der Waals surface area (Å²) in [7, 11) is 2.63. The van der Waals surface area contributed by atoms with E-state index in [-0.39, 0.29) is 11.9 Å². The highest BCUT2D eigenvalue weighted by molar-refractivity contribution is 9.10. The molecule has 0 aromatic heterocycles. The van der Waals surface area contributed by atoms with E-state index in [2.05, 4.69) is 21.2 Å². The van der Waals surface area contributed by atoms with Crippen molar-refractivity contribution in [1.29, 1.82) is 0 Å². The molecule has 1 aromatic carbocycles. The van der Waals surface area contributed by atoms with Gasteiger partial charge in [-0.3, -0.25) is 4.79 Å². The van der Waals surface area contributed by atoms with Gasteiger partial charge in [0.1, 0.15) is 0 Å². The molecule has 1 N–H and O–H groups in total. The lowest BCUT2D eigenvalue weighted by Gasteiger charge is -2.21. The summed E-state index contributed by atoms with van der Waals surface area (Å²) in [6.45, 7) is 0.739. The van der Waals surface area contributed by atoms with E-state index in [0.29, 0.717) is 32.4 Å². The fraction of sp³-hybridized carbons (Fsp3) is 0.350. The van der Waals surface area contributed by atoms with Crippen molar-refractivity contribution < 1.29 is 23.9 Å². The lowest BCUT2D eigenvalue weighted by molar-refractivity contribution is -0.137. The number of esters is 2. The van der Waals surface area contributed by atoms with E-state index in [1.165, 1.54) is 14.2 Å². The van der Waals surface area contributed by atoms with Gasteiger partial charge in [0.2, 0.25) is 5.91 Å². The van der Waals surface area contributed by atoms with Crippen molar-refractivity contribution in [3.63, 3.8) is 0 Å². The number of carbonyl (C=O) groups is 3. The van der Waals surface area contributed by atoms with Crippen LogP contribution in [-0.2, 0) is 23.9 Å². The highest BCUT2D eigenvalue weighted by Gasteiger charge is 2.42. The Morgan fingerprint density at radius 2 is 1.96 bits per heavy atom. The maximum atomic E-state index is 12.9. The van der Waals surface area contributed by atoms with Crippen LogP contribution < -0.4 is 5.32 Å². The summed E-state index contributed by atoms with van der Waals surface area (Å²) >= 11 is 3.45. The van der Waals surface area contributed by atoms with Crippen LogP contribution in [0, 0.1) is 0 Å². The monoisotopic (exact) mass is 446 g/mol. The number of halogens is 1. The molecule has 1 aromatic rings. The highest BCUT2D eigenvalue weighted by atomic mass is 79.9. The fourth-order valence-electron chi connectivity index (χ4n) is 4.16. The lowest BCUT2D eigenvalue weighted by Crippen LogP contribution is -2.26. The molecule has 28 heavy (non-hydrogen) atoms. The Kier molecular flexibility index (Phi) is 4.74. The molecule has 0 radical (unpaired) electrons. The van der Waals surface area contributed by atoms with E-state index in [9.17, 15) is 14.4 Å². The van der Waals surface area contributed by atoms with Gasteiger partial charge in [0, 0.05) is 34.5 Å². The van der Waals surface area contributed by atoms with Crippen LogP contribution in [0.5, 0.6) is 0 Å². The fourth-order valence-corrected chi connectivity index (χ4v) is 4.62. The summed E-state index contributed by atoms with van der Waals surface area (Å²) in [5.74, 6) is -2.21. The van der Waals surface area contributed by atoms with Crippen LogP contribution in [0.25, 0.3) is 5.57 Å². The van der Waals surface area contributed by atoms with E-state index in [4.69, 9.17) is 9.47 Å². The second kappa shape index (κ2) is 7.09. The number of anilines is 1. The van der Waals surface area contributed by atoms with Gasteiger partial charge >= 0.3 is 11.9 Å². The van der Waals surface area contributed by atoms with Gasteiger partial charge in [0.05, 0.1) is 31.3 Å². The van der Waals surface area contributed by atoms with Crippen LogP contribution in [-0.4, -0.2) is 49.6 Å². The number of methoxy groups -OCH3 is 2. The van der Waals surface area contributed by atoms with Crippen molar-refractivity contribution in [1.82, 2.24) is 4.90 Å². The lowest BCUT2D eigenvalue weighted by atomic mass is 9.86. The van der Waals surface area contributed by atoms with Gasteiger partial charge in [-0.2, -0.15) is 0 Å². The first-order valence-electron chi connectivity index (χ1n) is 8.95. The summed E-state index contributed by atoms with van der Waals surface area (Å²) in [5, 5.41) is 2.83. The van der Waals surface area contributed by atoms with Gasteiger partial charge in [-0.15, -0.1) is 0 Å². The Morgan fingerprint density at radius 1 is 1.21 bits per heavy atom. The zero-order chi connectivity index (χ0) is 20.0. The van der Waals surface area contributed by atoms with E-state index in [1.54, 1.807) is 24.4 Å². The average molecular weight is 447 g/mol. The number of nitrogens with zero attached hydrogens (tertiary/aromatic N) is 1. The van der Waals surface area contributed by atoms with Gasteiger partial charge < -0.3 is 19.7 Å². The van der Waals surface area contributed by atoms with Crippen molar-refractivity contribution in [3.05, 3.63) is 45.6 Å². The molecule has 1 amide bonds. The number of hydrogen-bond acceptors (Lipinski definition) is 6. The van der Waals surface area contributed by atoms with Crippen molar-refractivity contribution in [2.45, 2.75) is 24.8 Å². The molecule has 146 valence electrons. The SMILES string of the molecule is COC(=O)/C1=C/N2CCC[C@@H]2/C=C(/C(=O)OC)[C@H]2C(=O)Nc3cc(Br)cc1c32. The van der Waals surface area contributed by atoms with Crippen LogP contribution in [0.15, 0.2) is 34.5 Å². The maximum Gasteiger partial charge on any atom is 0.339 e. The van der Waals surface area contributed by atoms with E-state index in [1.807, 2.05) is 4.90 Å². The molecular formula is C20H19BrN2O5. The molecule has 0 aliphatic carbocycles. The number of nitrogens with one attached hydrogen (secondary N) is 1. The van der Waals surface area contributed by atoms with Crippen molar-refractivity contribution >= 4 is 45.0 Å². The molecule has 0 spiro atoms. The Labute approximate surface area is 170 Å². The Bertz CT molecular complexity index is 952. The van der Waals surface area contributed by atoms with Crippen LogP contribution in [0.2, 0.25) is 0 Å². The smallest absolute Gasteiger partial charge is 0.339 e. The Morgan fingerprint density at radius 3 is 2.68 bits per heavy atom. The number of amides is 1. The predicted molar refractivity (Wildman–Crippen MR) is 105 cm³/mol. The second-order valence-electron chi connectivity index (χ2n) is 6.93. The highest BCUT2D eigenvalue weighted by Crippen LogP contribution is 2.45. The Balaban J connectivity index is 2.04. The molecule has 7 nitrogen and oxygen atoms in total. The van der Waals surface area contributed by atoms with Gasteiger partial charge in [0.15, 0.2) is 0 Å². The zero-order valence-electron chi connectivity index (χ0n) is 15.5. The molecule has 1 fully saturated rings. The van der Waals surface area contributed by atoms with Crippen LogP contribution in [0.3, 0.4) is 0 Å². The number of ether oxygens (including phenoxy) is 2. The van der Waals surface area contributed by atoms with Gasteiger partial charge in [-0.1, -0.05) is 22.0 Å². The molecule has 3 heterocycles. The summed E-state index contributed by atoms with van der Waals surface area (Å²) < 4.78 is 10.7. The summed E-state index contributed by atoms with van der Waals surface area (Å²) in [5.41, 5.74) is 2.35. The van der Waals surface area contributed by atoms with Gasteiger partial charge in [-0.25, -0.2) is 9.59 Å². The minimum absolute atomic E-state index is 0.108. The first-order valence-corrected chi connectivity index (χ1v) is 9.74. The third-order valence-electron chi connectivity index (χ3n) is 5.39. The normalized spacial score (nSPS) is 26.4. The number of benzene rings is 1. The molecule has 3 aliphatic rings. The first-order chi connectivity index (χ1) is 13.4. The van der Waals surface area contributed by atoms with Gasteiger partial charge in [0.25, 0.3) is 0 Å². The Hall–Kier alpha value is -2.61. The van der Waals surface area contributed by atoms with Crippen LogP contribution >= 0.6 is 15.9 Å². The van der Waals surface area contributed by atoms with Crippen molar-refractivity contribution in [2.75, 3.05) is 26.1 Å². The van der Waals surface area contributed by atoms with Crippen molar-refractivity contribution in [2.24, 2.45) is 0 Å².